The number of imidazole rings is 2. The molecule has 47 heavy (non-hydrogen) atoms. The Balaban J connectivity index is 1.08. The van der Waals surface area contributed by atoms with Gasteiger partial charge in [-0.25, -0.2) is 14.8 Å². The standard InChI is InChI=1S/C34H33Cl2N7O4/c1-3-40-12-11-37-29(40)19-43-26-16-20(33(44)45)15-22(36)31(26)39-30(43)18-41-13-14-42(24-9-8-23(24)41)25-5-4-6-27-32(25)47-34(2,46-27)28-10-7-21(35)17-38-28/h4-7,10-12,15-17,23-24H,3,8-9,13-14,18-19H2,1-2H3,(H,44,45)/t23-,24-,34+/m1/s1. The van der Waals surface area contributed by atoms with Gasteiger partial charge in [0, 0.05) is 57.2 Å². The van der Waals surface area contributed by atoms with Crippen LogP contribution in [0, 0.1) is 0 Å². The van der Waals surface area contributed by atoms with Crippen LogP contribution in [0.2, 0.25) is 10.0 Å². The number of aryl methyl sites for hydroxylation is 1. The number of halogens is 2. The highest BCUT2D eigenvalue weighted by Crippen LogP contribution is 2.51. The van der Waals surface area contributed by atoms with Crippen LogP contribution < -0.4 is 14.4 Å². The Morgan fingerprint density at radius 3 is 2.64 bits per heavy atom. The van der Waals surface area contributed by atoms with Crippen molar-refractivity contribution in [2.75, 3.05) is 18.0 Å². The topological polar surface area (TPSA) is 111 Å². The van der Waals surface area contributed by atoms with Gasteiger partial charge < -0.3 is 28.6 Å². The van der Waals surface area contributed by atoms with Crippen molar-refractivity contribution in [3.05, 3.63) is 94.0 Å². The molecule has 1 saturated heterocycles. The number of carbonyl (C=O) groups is 1. The number of anilines is 1. The van der Waals surface area contributed by atoms with Crippen LogP contribution in [0.25, 0.3) is 11.0 Å². The molecule has 13 heteroatoms. The maximum Gasteiger partial charge on any atom is 0.335 e. The van der Waals surface area contributed by atoms with Crippen molar-refractivity contribution in [1.29, 1.82) is 0 Å². The van der Waals surface area contributed by atoms with Gasteiger partial charge in [0.2, 0.25) is 0 Å². The molecule has 0 spiro atoms. The van der Waals surface area contributed by atoms with E-state index in [1.807, 2.05) is 31.3 Å². The summed E-state index contributed by atoms with van der Waals surface area (Å²) in [5.41, 5.74) is 3.08. The van der Waals surface area contributed by atoms with Crippen LogP contribution in [-0.2, 0) is 25.4 Å². The normalized spacial score (nSPS) is 22.0. The molecule has 3 aliphatic rings. The van der Waals surface area contributed by atoms with Crippen LogP contribution in [0.3, 0.4) is 0 Å². The maximum absolute atomic E-state index is 11.9. The van der Waals surface area contributed by atoms with E-state index in [1.54, 1.807) is 24.5 Å². The van der Waals surface area contributed by atoms with Crippen molar-refractivity contribution >= 4 is 45.9 Å². The molecule has 0 bridgehead atoms. The minimum absolute atomic E-state index is 0.131. The summed E-state index contributed by atoms with van der Waals surface area (Å²) in [5, 5.41) is 10.6. The third-order valence-corrected chi connectivity index (χ3v) is 10.2. The number of hydrogen-bond acceptors (Lipinski definition) is 8. The predicted octanol–water partition coefficient (Wildman–Crippen LogP) is 6.20. The highest BCUT2D eigenvalue weighted by Gasteiger charge is 2.47. The molecule has 5 heterocycles. The minimum atomic E-state index is -1.06. The summed E-state index contributed by atoms with van der Waals surface area (Å²) in [6.45, 7) is 7.38. The first-order valence-electron chi connectivity index (χ1n) is 15.8. The number of ether oxygens (including phenoxy) is 2. The number of fused-ring (bicyclic) bond motifs is 3. The first-order valence-corrected chi connectivity index (χ1v) is 16.5. The smallest absolute Gasteiger partial charge is 0.335 e. The second kappa shape index (κ2) is 11.4. The average Bonchev–Trinajstić information content (AvgIpc) is 3.74. The van der Waals surface area contributed by atoms with E-state index in [9.17, 15) is 9.90 Å². The Labute approximate surface area is 281 Å². The molecule has 1 aliphatic carbocycles. The van der Waals surface area contributed by atoms with Gasteiger partial charge in [0.05, 0.1) is 39.9 Å². The molecule has 5 aromatic rings. The van der Waals surface area contributed by atoms with Gasteiger partial charge in [-0.1, -0.05) is 29.3 Å². The highest BCUT2D eigenvalue weighted by molar-refractivity contribution is 6.35. The van der Waals surface area contributed by atoms with Crippen molar-refractivity contribution < 1.29 is 19.4 Å². The number of pyridine rings is 1. The summed E-state index contributed by atoms with van der Waals surface area (Å²) in [7, 11) is 0. The van der Waals surface area contributed by atoms with Gasteiger partial charge in [-0.15, -0.1) is 0 Å². The molecule has 1 saturated carbocycles. The van der Waals surface area contributed by atoms with E-state index in [2.05, 4.69) is 41.9 Å². The van der Waals surface area contributed by atoms with Gasteiger partial charge >= 0.3 is 5.97 Å². The van der Waals surface area contributed by atoms with E-state index in [1.165, 1.54) is 6.07 Å². The van der Waals surface area contributed by atoms with Gasteiger partial charge in [-0.05, 0) is 56.2 Å². The minimum Gasteiger partial charge on any atom is -0.478 e. The van der Waals surface area contributed by atoms with Gasteiger partial charge in [0.25, 0.3) is 5.79 Å². The lowest BCUT2D eigenvalue weighted by Crippen LogP contribution is -2.64. The van der Waals surface area contributed by atoms with Crippen LogP contribution >= 0.6 is 23.2 Å². The molecule has 11 nitrogen and oxygen atoms in total. The first-order chi connectivity index (χ1) is 22.7. The molecule has 3 atom stereocenters. The van der Waals surface area contributed by atoms with E-state index >= 15 is 0 Å². The van der Waals surface area contributed by atoms with Gasteiger partial charge in [-0.3, -0.25) is 9.88 Å². The van der Waals surface area contributed by atoms with E-state index in [-0.39, 0.29) is 5.56 Å². The lowest BCUT2D eigenvalue weighted by Gasteiger charge is -2.54. The monoisotopic (exact) mass is 673 g/mol. The molecule has 2 fully saturated rings. The predicted molar refractivity (Wildman–Crippen MR) is 178 cm³/mol. The molecule has 2 aromatic carbocycles. The molecule has 2 aliphatic heterocycles. The average molecular weight is 675 g/mol. The first kappa shape index (κ1) is 30.0. The SMILES string of the molecule is CCn1ccnc1Cn1c(CN2CCN(c3cccc4c3O[C@@](C)(c3ccc(Cl)cn3)O4)[C@@H]3CC[C@H]32)nc2c(Cl)cc(C(=O)O)cc21. The lowest BCUT2D eigenvalue weighted by atomic mass is 9.81. The van der Waals surface area contributed by atoms with Crippen molar-refractivity contribution in [3.8, 4) is 11.5 Å². The number of hydrogen-bond donors (Lipinski definition) is 1. The van der Waals surface area contributed by atoms with E-state index in [0.29, 0.717) is 57.7 Å². The summed E-state index contributed by atoms with van der Waals surface area (Å²) in [6, 6.07) is 13.4. The summed E-state index contributed by atoms with van der Waals surface area (Å²) in [5.74, 6) is 1.03. The molecule has 3 aromatic heterocycles. The summed E-state index contributed by atoms with van der Waals surface area (Å²) >= 11 is 12.7. The summed E-state index contributed by atoms with van der Waals surface area (Å²) in [4.78, 5) is 30.9. The van der Waals surface area contributed by atoms with Crippen molar-refractivity contribution in [3.63, 3.8) is 0 Å². The zero-order chi connectivity index (χ0) is 32.4. The maximum atomic E-state index is 11.9. The fourth-order valence-electron chi connectivity index (χ4n) is 7.16. The number of aromatic carboxylic acids is 1. The van der Waals surface area contributed by atoms with E-state index in [0.717, 1.165) is 55.6 Å². The highest BCUT2D eigenvalue weighted by atomic mass is 35.5. The second-order valence-corrected chi connectivity index (χ2v) is 13.2. The number of rotatable bonds is 8. The third-order valence-electron chi connectivity index (χ3n) is 9.68. The quantitative estimate of drug-likeness (QED) is 0.206. The number of nitrogens with zero attached hydrogens (tertiary/aromatic N) is 7. The zero-order valence-corrected chi connectivity index (χ0v) is 27.4. The zero-order valence-electron chi connectivity index (χ0n) is 25.9. The molecule has 8 rings (SSSR count). The number of carboxylic acids is 1. The largest absolute Gasteiger partial charge is 0.478 e. The Hall–Kier alpha value is -4.32. The number of aromatic nitrogens is 5. The summed E-state index contributed by atoms with van der Waals surface area (Å²) in [6.07, 6.45) is 7.45. The Morgan fingerprint density at radius 2 is 1.89 bits per heavy atom. The molecule has 0 radical (unpaired) electrons. The number of piperazine rings is 1. The number of carboxylic acid groups (broad SMARTS) is 1. The molecule has 242 valence electrons. The van der Waals surface area contributed by atoms with Crippen LogP contribution in [0.1, 0.15) is 54.4 Å². The van der Waals surface area contributed by atoms with E-state index in [4.69, 9.17) is 37.7 Å². The number of para-hydroxylation sites is 1. The van der Waals surface area contributed by atoms with Crippen molar-refractivity contribution in [2.45, 2.75) is 64.2 Å². The van der Waals surface area contributed by atoms with Crippen LogP contribution in [0.5, 0.6) is 11.5 Å². The molecular formula is C34H33Cl2N7O4. The van der Waals surface area contributed by atoms with E-state index < -0.39 is 11.8 Å². The van der Waals surface area contributed by atoms with Crippen molar-refractivity contribution in [2.24, 2.45) is 0 Å². The van der Waals surface area contributed by atoms with Gasteiger partial charge in [0.1, 0.15) is 22.9 Å². The molecule has 1 N–H and O–H groups in total. The van der Waals surface area contributed by atoms with Gasteiger partial charge in [0.15, 0.2) is 11.5 Å². The van der Waals surface area contributed by atoms with Crippen molar-refractivity contribution in [1.82, 2.24) is 29.0 Å². The Morgan fingerprint density at radius 1 is 1.04 bits per heavy atom. The van der Waals surface area contributed by atoms with Crippen LogP contribution in [0.4, 0.5) is 5.69 Å². The molecule has 0 amide bonds. The number of benzene rings is 2. The van der Waals surface area contributed by atoms with Crippen LogP contribution in [-0.4, -0.2) is 65.2 Å². The van der Waals surface area contributed by atoms with Gasteiger partial charge in [-0.2, -0.15) is 0 Å². The third kappa shape index (κ3) is 5.08. The summed E-state index contributed by atoms with van der Waals surface area (Å²) < 4.78 is 17.0. The fourth-order valence-corrected chi connectivity index (χ4v) is 7.53. The Bertz CT molecular complexity index is 2010. The molecular weight excluding hydrogens is 641 g/mol. The lowest BCUT2D eigenvalue weighted by molar-refractivity contribution is -0.0717. The fraction of sp³-hybridized carbons (Fsp3) is 0.353. The Kier molecular flexibility index (Phi) is 7.31. The second-order valence-electron chi connectivity index (χ2n) is 12.4. The van der Waals surface area contributed by atoms with Crippen LogP contribution in [0.15, 0.2) is 61.1 Å². The molecule has 0 unspecified atom stereocenters.